The Morgan fingerprint density at radius 3 is 2.91 bits per heavy atom. The van der Waals surface area contributed by atoms with Crippen LogP contribution in [-0.4, -0.2) is 22.7 Å². The van der Waals surface area contributed by atoms with E-state index < -0.39 is 0 Å². The minimum absolute atomic E-state index is 0.819. The third kappa shape index (κ3) is 0.958. The van der Waals surface area contributed by atoms with Crippen LogP contribution in [0.15, 0.2) is 23.1 Å². The van der Waals surface area contributed by atoms with Crippen molar-refractivity contribution in [3.05, 3.63) is 23.1 Å². The highest BCUT2D eigenvalue weighted by Gasteiger charge is 2.01. The van der Waals surface area contributed by atoms with E-state index in [1.807, 2.05) is 0 Å². The van der Waals surface area contributed by atoms with Crippen molar-refractivity contribution in [2.45, 2.75) is 0 Å². The molecule has 2 aromatic heterocycles. The largest absolute Gasteiger partial charge is 0.322 e. The zero-order valence-corrected chi connectivity index (χ0v) is 7.12. The maximum atomic E-state index is 5.49. The minimum Gasteiger partial charge on any atom is -0.322 e. The van der Waals surface area contributed by atoms with Gasteiger partial charge in [-0.3, -0.25) is 4.98 Å². The van der Waals surface area contributed by atoms with E-state index in [0.717, 1.165) is 15.4 Å². The monoisotopic (exact) mass is 207 g/mol. The smallest absolute Gasteiger partial charge is 0.265 e. The van der Waals surface area contributed by atoms with Crippen molar-refractivity contribution in [1.82, 2.24) is 14.7 Å². The molecule has 0 amide bonds. The number of pyridine rings is 1. The average Bonchev–Trinajstić information content (AvgIpc) is 2.35. The Bertz CT molecular complexity index is 398. The fraction of sp³-hybridized carbons (Fsp3) is 0. The van der Waals surface area contributed by atoms with Crippen LogP contribution in [0.1, 0.15) is 0 Å². The van der Waals surface area contributed by atoms with Gasteiger partial charge in [-0.2, -0.15) is 5.10 Å². The van der Waals surface area contributed by atoms with E-state index >= 15 is 0 Å². The number of hydrogen-bond donors (Lipinski definition) is 0. The standard InChI is InChI=1S/C6H3BBrN3/c7-11-6-3-9-2-5(8)4(6)1-10-11/h1-3H. The first-order valence-electron chi connectivity index (χ1n) is 3.01. The van der Waals surface area contributed by atoms with Gasteiger partial charge in [0.1, 0.15) is 0 Å². The Hall–Kier alpha value is -0.835. The number of fused-ring (bicyclic) bond motifs is 1. The van der Waals surface area contributed by atoms with Crippen molar-refractivity contribution in [3.8, 4) is 0 Å². The molecule has 0 saturated heterocycles. The summed E-state index contributed by atoms with van der Waals surface area (Å²) in [4.78, 5) is 3.96. The molecular formula is C6H3BBrN3. The summed E-state index contributed by atoms with van der Waals surface area (Å²) >= 11 is 3.34. The molecule has 0 aliphatic heterocycles. The maximum absolute atomic E-state index is 5.49. The van der Waals surface area contributed by atoms with E-state index in [9.17, 15) is 0 Å². The molecule has 2 heterocycles. The molecule has 0 aromatic carbocycles. The molecule has 2 rings (SSSR count). The lowest BCUT2D eigenvalue weighted by Crippen LogP contribution is -1.92. The minimum atomic E-state index is 0.819. The Labute approximate surface area is 73.0 Å². The molecule has 0 N–H and O–H groups in total. The van der Waals surface area contributed by atoms with E-state index in [2.05, 4.69) is 26.0 Å². The van der Waals surface area contributed by atoms with Crippen LogP contribution in [0.4, 0.5) is 0 Å². The molecule has 11 heavy (non-hydrogen) atoms. The van der Waals surface area contributed by atoms with Crippen molar-refractivity contribution in [2.75, 3.05) is 0 Å². The lowest BCUT2D eigenvalue weighted by atomic mass is 10.3. The van der Waals surface area contributed by atoms with Crippen molar-refractivity contribution >= 4 is 34.8 Å². The van der Waals surface area contributed by atoms with Crippen LogP contribution in [0, 0.1) is 0 Å². The summed E-state index contributed by atoms with van der Waals surface area (Å²) in [5, 5.41) is 4.86. The van der Waals surface area contributed by atoms with Gasteiger partial charge in [-0.25, -0.2) is 0 Å². The van der Waals surface area contributed by atoms with Gasteiger partial charge in [0.25, 0.3) is 7.98 Å². The molecule has 0 aliphatic carbocycles. The summed E-state index contributed by atoms with van der Waals surface area (Å²) < 4.78 is 2.21. The van der Waals surface area contributed by atoms with Gasteiger partial charge in [0.2, 0.25) is 0 Å². The molecule has 0 aliphatic rings. The molecule has 2 radical (unpaired) electrons. The number of nitrogens with zero attached hydrogens (tertiary/aromatic N) is 3. The van der Waals surface area contributed by atoms with Gasteiger partial charge in [-0.05, 0) is 15.9 Å². The SMILES string of the molecule is [B]n1ncc2c(Br)cncc21. The van der Waals surface area contributed by atoms with E-state index in [-0.39, 0.29) is 0 Å². The fourth-order valence-corrected chi connectivity index (χ4v) is 1.35. The van der Waals surface area contributed by atoms with Crippen LogP contribution >= 0.6 is 15.9 Å². The lowest BCUT2D eigenvalue weighted by molar-refractivity contribution is 1.02. The van der Waals surface area contributed by atoms with Crippen LogP contribution in [0.5, 0.6) is 0 Å². The van der Waals surface area contributed by atoms with Gasteiger partial charge in [0.15, 0.2) is 0 Å². The third-order valence-electron chi connectivity index (χ3n) is 1.48. The summed E-state index contributed by atoms with van der Waals surface area (Å²) in [5.74, 6) is 0. The van der Waals surface area contributed by atoms with Crippen LogP contribution in [0.3, 0.4) is 0 Å². The Morgan fingerprint density at radius 1 is 1.36 bits per heavy atom. The predicted octanol–water partition coefficient (Wildman–Crippen LogP) is 1.13. The first-order valence-corrected chi connectivity index (χ1v) is 3.80. The number of hydrogen-bond acceptors (Lipinski definition) is 2. The number of aromatic nitrogens is 3. The van der Waals surface area contributed by atoms with E-state index in [1.54, 1.807) is 18.6 Å². The van der Waals surface area contributed by atoms with Gasteiger partial charge in [-0.1, -0.05) is 0 Å². The molecule has 0 unspecified atom stereocenters. The Kier molecular flexibility index (Phi) is 1.46. The summed E-state index contributed by atoms with van der Waals surface area (Å²) in [6.07, 6.45) is 5.08. The third-order valence-corrected chi connectivity index (χ3v) is 2.11. The maximum Gasteiger partial charge on any atom is 0.265 e. The summed E-state index contributed by atoms with van der Waals surface area (Å²) in [7, 11) is 5.49. The molecule has 3 nitrogen and oxygen atoms in total. The highest BCUT2D eigenvalue weighted by Crippen LogP contribution is 2.20. The molecule has 2 aromatic rings. The molecule has 0 saturated carbocycles. The molecular weight excluding hydrogens is 205 g/mol. The first kappa shape index (κ1) is 6.85. The highest BCUT2D eigenvalue weighted by atomic mass is 79.9. The van der Waals surface area contributed by atoms with Crippen molar-refractivity contribution in [2.24, 2.45) is 0 Å². The molecule has 52 valence electrons. The zero-order chi connectivity index (χ0) is 7.84. The van der Waals surface area contributed by atoms with Crippen LogP contribution < -0.4 is 0 Å². The molecule has 0 fully saturated rings. The highest BCUT2D eigenvalue weighted by molar-refractivity contribution is 9.10. The summed E-state index contributed by atoms with van der Waals surface area (Å²) in [6, 6.07) is 0. The van der Waals surface area contributed by atoms with E-state index in [0.29, 0.717) is 0 Å². The molecule has 0 atom stereocenters. The lowest BCUT2D eigenvalue weighted by Gasteiger charge is -1.93. The van der Waals surface area contributed by atoms with Crippen LogP contribution in [0.25, 0.3) is 10.9 Å². The quantitative estimate of drug-likeness (QED) is 0.607. The number of rotatable bonds is 0. The van der Waals surface area contributed by atoms with Crippen molar-refractivity contribution < 1.29 is 0 Å². The molecule has 5 heteroatoms. The summed E-state index contributed by atoms with van der Waals surface area (Å²) in [6.45, 7) is 0. The molecule has 0 spiro atoms. The topological polar surface area (TPSA) is 30.7 Å². The zero-order valence-electron chi connectivity index (χ0n) is 5.53. The van der Waals surface area contributed by atoms with Gasteiger partial charge in [-0.15, -0.1) is 0 Å². The first-order chi connectivity index (χ1) is 5.29. The molecule has 0 bridgehead atoms. The van der Waals surface area contributed by atoms with Crippen molar-refractivity contribution in [3.63, 3.8) is 0 Å². The second kappa shape index (κ2) is 2.34. The predicted molar refractivity (Wildman–Crippen MR) is 46.4 cm³/mol. The van der Waals surface area contributed by atoms with Crippen LogP contribution in [-0.2, 0) is 0 Å². The average molecular weight is 208 g/mol. The normalized spacial score (nSPS) is 10.6. The van der Waals surface area contributed by atoms with Crippen molar-refractivity contribution in [1.29, 1.82) is 0 Å². The van der Waals surface area contributed by atoms with Gasteiger partial charge in [0, 0.05) is 16.1 Å². The Morgan fingerprint density at radius 2 is 2.18 bits per heavy atom. The van der Waals surface area contributed by atoms with Crippen LogP contribution in [0.2, 0.25) is 0 Å². The van der Waals surface area contributed by atoms with E-state index in [1.165, 1.54) is 4.59 Å². The fourth-order valence-electron chi connectivity index (χ4n) is 0.927. The van der Waals surface area contributed by atoms with E-state index in [4.69, 9.17) is 7.98 Å². The second-order valence-electron chi connectivity index (χ2n) is 2.14. The second-order valence-corrected chi connectivity index (χ2v) is 3.00. The summed E-state index contributed by atoms with van der Waals surface area (Å²) in [5.41, 5.74) is 0.819. The van der Waals surface area contributed by atoms with Gasteiger partial charge >= 0.3 is 0 Å². The Balaban J connectivity index is 2.94. The van der Waals surface area contributed by atoms with Gasteiger partial charge in [0.05, 0.1) is 17.9 Å². The number of halogens is 1. The van der Waals surface area contributed by atoms with Gasteiger partial charge < -0.3 is 4.59 Å².